The molecule has 25 heavy (non-hydrogen) atoms. The maximum atomic E-state index is 12.8. The van der Waals surface area contributed by atoms with Crippen molar-refractivity contribution in [2.24, 2.45) is 0 Å². The van der Waals surface area contributed by atoms with E-state index in [1.165, 1.54) is 12.1 Å². The highest BCUT2D eigenvalue weighted by atomic mass is 32.2. The number of carbonyl (C=O) groups is 1. The molecule has 2 aromatic carbocycles. The van der Waals surface area contributed by atoms with E-state index in [0.717, 1.165) is 5.69 Å². The summed E-state index contributed by atoms with van der Waals surface area (Å²) in [5.74, 6) is 0.507. The molecule has 0 spiro atoms. The summed E-state index contributed by atoms with van der Waals surface area (Å²) in [5.41, 5.74) is 1.25. The van der Waals surface area contributed by atoms with Gasteiger partial charge in [-0.1, -0.05) is 17.3 Å². The zero-order valence-electron chi connectivity index (χ0n) is 13.6. The zero-order valence-corrected chi connectivity index (χ0v) is 14.4. The van der Waals surface area contributed by atoms with E-state index in [2.05, 4.69) is 9.88 Å². The van der Waals surface area contributed by atoms with Crippen molar-refractivity contribution in [2.45, 2.75) is 18.7 Å². The van der Waals surface area contributed by atoms with Crippen LogP contribution >= 0.6 is 0 Å². The lowest BCUT2D eigenvalue weighted by atomic mass is 10.1. The van der Waals surface area contributed by atoms with Crippen molar-refractivity contribution in [2.75, 3.05) is 16.2 Å². The van der Waals surface area contributed by atoms with Crippen LogP contribution in [-0.4, -0.2) is 26.0 Å². The molecule has 1 N–H and O–H groups in total. The molecule has 128 valence electrons. The summed E-state index contributed by atoms with van der Waals surface area (Å²) < 4.78 is 32.9. The summed E-state index contributed by atoms with van der Waals surface area (Å²) in [5, 5.41) is 4.83. The van der Waals surface area contributed by atoms with E-state index in [4.69, 9.17) is 4.52 Å². The van der Waals surface area contributed by atoms with E-state index in [0.29, 0.717) is 28.6 Å². The molecule has 0 radical (unpaired) electrons. The molecule has 0 saturated heterocycles. The number of benzene rings is 2. The molecule has 2 heterocycles. The Balaban J connectivity index is 1.90. The predicted molar refractivity (Wildman–Crippen MR) is 93.3 cm³/mol. The third kappa shape index (κ3) is 2.29. The van der Waals surface area contributed by atoms with Gasteiger partial charge in [0, 0.05) is 28.9 Å². The smallest absolute Gasteiger partial charge is 0.263 e. The van der Waals surface area contributed by atoms with Gasteiger partial charge in [-0.25, -0.2) is 8.42 Å². The SMILES string of the molecule is CCN1C(=O)c2cccc3c(S(=O)(=O)Nc4cc(C)on4)ccc1c23. The number of nitrogens with zero attached hydrogens (tertiary/aromatic N) is 2. The molecule has 8 heteroatoms. The lowest BCUT2D eigenvalue weighted by Crippen LogP contribution is -2.25. The fraction of sp³-hybridized carbons (Fsp3) is 0.176. The predicted octanol–water partition coefficient (Wildman–Crippen LogP) is 2.92. The van der Waals surface area contributed by atoms with Crippen LogP contribution in [0, 0.1) is 6.92 Å². The maximum absolute atomic E-state index is 12.8. The molecule has 3 aromatic rings. The molecule has 1 amide bonds. The number of nitrogens with one attached hydrogen (secondary N) is 1. The Morgan fingerprint density at radius 1 is 1.24 bits per heavy atom. The minimum Gasteiger partial charge on any atom is -0.360 e. The second kappa shape index (κ2) is 5.32. The third-order valence-corrected chi connectivity index (χ3v) is 5.63. The first kappa shape index (κ1) is 15.6. The molecular weight excluding hydrogens is 342 g/mol. The van der Waals surface area contributed by atoms with Crippen LogP contribution in [0.4, 0.5) is 11.5 Å². The van der Waals surface area contributed by atoms with Gasteiger partial charge in [-0.3, -0.25) is 9.52 Å². The monoisotopic (exact) mass is 357 g/mol. The minimum absolute atomic E-state index is 0.0968. The van der Waals surface area contributed by atoms with Crippen LogP contribution in [0.3, 0.4) is 0 Å². The Bertz CT molecular complexity index is 1120. The van der Waals surface area contributed by atoms with Gasteiger partial charge in [-0.05, 0) is 32.0 Å². The summed E-state index contributed by atoms with van der Waals surface area (Å²) in [6.07, 6.45) is 0. The van der Waals surface area contributed by atoms with E-state index in [1.54, 1.807) is 36.1 Å². The third-order valence-electron chi connectivity index (χ3n) is 4.22. The molecule has 7 nitrogen and oxygen atoms in total. The summed E-state index contributed by atoms with van der Waals surface area (Å²) in [6.45, 7) is 4.08. The summed E-state index contributed by atoms with van der Waals surface area (Å²) >= 11 is 0. The van der Waals surface area contributed by atoms with Gasteiger partial charge in [0.1, 0.15) is 5.76 Å². The number of hydrogen-bond donors (Lipinski definition) is 1. The molecular formula is C17H15N3O4S. The van der Waals surface area contributed by atoms with E-state index in [9.17, 15) is 13.2 Å². The van der Waals surface area contributed by atoms with Crippen LogP contribution in [0.25, 0.3) is 10.8 Å². The largest absolute Gasteiger partial charge is 0.360 e. The van der Waals surface area contributed by atoms with E-state index in [1.807, 2.05) is 6.92 Å². The fourth-order valence-electron chi connectivity index (χ4n) is 3.17. The van der Waals surface area contributed by atoms with Crippen LogP contribution in [-0.2, 0) is 10.0 Å². The second-order valence-corrected chi connectivity index (χ2v) is 7.44. The van der Waals surface area contributed by atoms with Crippen LogP contribution < -0.4 is 9.62 Å². The molecule has 1 aliphatic heterocycles. The van der Waals surface area contributed by atoms with Crippen molar-refractivity contribution in [3.63, 3.8) is 0 Å². The second-order valence-electron chi connectivity index (χ2n) is 5.79. The Kier molecular flexibility index (Phi) is 3.33. The topological polar surface area (TPSA) is 92.5 Å². The minimum atomic E-state index is -3.88. The average molecular weight is 357 g/mol. The quantitative estimate of drug-likeness (QED) is 0.775. The molecule has 0 fully saturated rings. The van der Waals surface area contributed by atoms with Gasteiger partial charge in [0.15, 0.2) is 5.82 Å². The molecule has 0 unspecified atom stereocenters. The number of aryl methyl sites for hydroxylation is 1. The first-order valence-corrected chi connectivity index (χ1v) is 9.24. The molecule has 0 saturated carbocycles. The first-order chi connectivity index (χ1) is 11.9. The summed E-state index contributed by atoms with van der Waals surface area (Å²) in [6, 6.07) is 9.80. The van der Waals surface area contributed by atoms with Crippen molar-refractivity contribution >= 4 is 38.2 Å². The number of anilines is 2. The lowest BCUT2D eigenvalue weighted by molar-refractivity contribution is 0.0994. The van der Waals surface area contributed by atoms with Crippen molar-refractivity contribution in [3.05, 3.63) is 47.7 Å². The highest BCUT2D eigenvalue weighted by Gasteiger charge is 2.31. The highest BCUT2D eigenvalue weighted by Crippen LogP contribution is 2.40. The molecule has 0 atom stereocenters. The molecule has 4 rings (SSSR count). The van der Waals surface area contributed by atoms with Gasteiger partial charge in [0.05, 0.1) is 10.6 Å². The van der Waals surface area contributed by atoms with Gasteiger partial charge in [-0.15, -0.1) is 0 Å². The number of aromatic nitrogens is 1. The van der Waals surface area contributed by atoms with E-state index >= 15 is 0 Å². The molecule has 1 aromatic heterocycles. The Hall–Kier alpha value is -2.87. The van der Waals surface area contributed by atoms with Crippen molar-refractivity contribution in [3.8, 4) is 0 Å². The zero-order chi connectivity index (χ0) is 17.8. The number of rotatable bonds is 4. The highest BCUT2D eigenvalue weighted by molar-refractivity contribution is 7.93. The molecule has 0 bridgehead atoms. The van der Waals surface area contributed by atoms with E-state index in [-0.39, 0.29) is 16.6 Å². The van der Waals surface area contributed by atoms with Gasteiger partial charge >= 0.3 is 0 Å². The Morgan fingerprint density at radius 2 is 2.04 bits per heavy atom. The molecule has 0 aliphatic carbocycles. The van der Waals surface area contributed by atoms with Gasteiger partial charge in [0.2, 0.25) is 0 Å². The number of sulfonamides is 1. The fourth-order valence-corrected chi connectivity index (χ4v) is 4.36. The Morgan fingerprint density at radius 3 is 2.72 bits per heavy atom. The van der Waals surface area contributed by atoms with Crippen LogP contribution in [0.2, 0.25) is 0 Å². The number of hydrogen-bond acceptors (Lipinski definition) is 5. The number of carbonyl (C=O) groups excluding carboxylic acids is 1. The van der Waals surface area contributed by atoms with Gasteiger partial charge < -0.3 is 9.42 Å². The van der Waals surface area contributed by atoms with Crippen LogP contribution in [0.15, 0.2) is 45.8 Å². The summed E-state index contributed by atoms with van der Waals surface area (Å²) in [4.78, 5) is 14.2. The van der Waals surface area contributed by atoms with Crippen molar-refractivity contribution in [1.82, 2.24) is 5.16 Å². The summed E-state index contributed by atoms with van der Waals surface area (Å²) in [7, 11) is -3.88. The number of amides is 1. The van der Waals surface area contributed by atoms with Crippen molar-refractivity contribution in [1.29, 1.82) is 0 Å². The average Bonchev–Trinajstić information content (AvgIpc) is 3.10. The van der Waals surface area contributed by atoms with Crippen LogP contribution in [0.5, 0.6) is 0 Å². The molecule has 1 aliphatic rings. The van der Waals surface area contributed by atoms with Gasteiger partial charge in [-0.2, -0.15) is 0 Å². The van der Waals surface area contributed by atoms with E-state index < -0.39 is 10.0 Å². The normalized spacial score (nSPS) is 13.7. The first-order valence-electron chi connectivity index (χ1n) is 7.76. The lowest BCUT2D eigenvalue weighted by Gasteiger charge is -2.15. The Labute approximate surface area is 144 Å². The van der Waals surface area contributed by atoms with Gasteiger partial charge in [0.25, 0.3) is 15.9 Å². The van der Waals surface area contributed by atoms with Crippen molar-refractivity contribution < 1.29 is 17.7 Å². The maximum Gasteiger partial charge on any atom is 0.263 e. The van der Waals surface area contributed by atoms with Crippen LogP contribution in [0.1, 0.15) is 23.0 Å². The standard InChI is InChI=1S/C17H15N3O4S/c1-3-20-13-7-8-14(11-5-4-6-12(16(11)13)17(20)21)25(22,23)19-15-9-10(2)24-18-15/h4-9H,3H2,1-2H3,(H,18,19).